The molecule has 2 aromatic carbocycles. The summed E-state index contributed by atoms with van der Waals surface area (Å²) in [6.45, 7) is 9.03. The molecule has 0 radical (unpaired) electrons. The number of unbranched alkanes of at least 4 members (excludes halogenated alkanes) is 1. The van der Waals surface area contributed by atoms with Gasteiger partial charge in [0.2, 0.25) is 0 Å². The van der Waals surface area contributed by atoms with E-state index in [1.165, 1.54) is 10.4 Å². The maximum atomic E-state index is 12.2. The molecule has 0 saturated carbocycles. The van der Waals surface area contributed by atoms with Crippen LogP contribution in [0.25, 0.3) is 0 Å². The fourth-order valence-corrected chi connectivity index (χ4v) is 10.7. The van der Waals surface area contributed by atoms with Gasteiger partial charge in [-0.1, -0.05) is 101 Å². The van der Waals surface area contributed by atoms with Crippen molar-refractivity contribution in [3.8, 4) is 0 Å². The van der Waals surface area contributed by atoms with Crippen molar-refractivity contribution in [3.05, 3.63) is 60.7 Å². The predicted molar refractivity (Wildman–Crippen MR) is 126 cm³/mol. The van der Waals surface area contributed by atoms with Crippen LogP contribution in [0.3, 0.4) is 0 Å². The molecule has 4 heteroatoms. The maximum Gasteiger partial charge on any atom is 0.309 e. The molecule has 0 spiro atoms. The van der Waals surface area contributed by atoms with Crippen molar-refractivity contribution < 1.29 is 14.3 Å². The number of carboxylic acid groups (broad SMARTS) is 1. The zero-order valence-corrected chi connectivity index (χ0v) is 19.8. The van der Waals surface area contributed by atoms with Gasteiger partial charge in [-0.3, -0.25) is 4.79 Å². The van der Waals surface area contributed by atoms with Gasteiger partial charge in [0.1, 0.15) is 0 Å². The van der Waals surface area contributed by atoms with Crippen molar-refractivity contribution in [2.45, 2.75) is 71.4 Å². The van der Waals surface area contributed by atoms with E-state index in [4.69, 9.17) is 4.43 Å². The van der Waals surface area contributed by atoms with Crippen molar-refractivity contribution in [2.24, 2.45) is 11.3 Å². The molecule has 1 saturated heterocycles. The molecule has 0 bridgehead atoms. The molecule has 1 N–H and O–H groups in total. The zero-order valence-electron chi connectivity index (χ0n) is 18.8. The summed E-state index contributed by atoms with van der Waals surface area (Å²) in [6, 6.07) is 21.2. The molecule has 3 nitrogen and oxygen atoms in total. The maximum absolute atomic E-state index is 12.2. The summed E-state index contributed by atoms with van der Waals surface area (Å²) >= 11 is 0. The first kappa shape index (κ1) is 22.8. The van der Waals surface area contributed by atoms with Gasteiger partial charge in [-0.15, -0.1) is 0 Å². The molecule has 3 unspecified atom stereocenters. The fraction of sp³-hybridized carbons (Fsp3) is 0.500. The third-order valence-corrected chi connectivity index (χ3v) is 11.8. The van der Waals surface area contributed by atoms with E-state index >= 15 is 0 Å². The monoisotopic (exact) mass is 424 g/mol. The standard InChI is InChI=1S/C26H36O3Si/c1-5-6-17-22(25(27)28)23-18-19-24(26(2,3)4)30(29-23,20-13-9-7-10-14-20)21-15-11-8-12-16-21/h7-16,22-24H,5-6,17-19H2,1-4H3,(H,27,28). The number of hydrogen-bond acceptors (Lipinski definition) is 2. The van der Waals surface area contributed by atoms with Crippen LogP contribution in [-0.2, 0) is 9.22 Å². The van der Waals surface area contributed by atoms with E-state index in [1.54, 1.807) is 0 Å². The minimum Gasteiger partial charge on any atom is -0.481 e. The van der Waals surface area contributed by atoms with E-state index in [1.807, 2.05) is 12.1 Å². The number of hydrogen-bond donors (Lipinski definition) is 1. The predicted octanol–water partition coefficient (Wildman–Crippen LogP) is 5.23. The lowest BCUT2D eigenvalue weighted by molar-refractivity contribution is -0.146. The Morgan fingerprint density at radius 1 is 1.03 bits per heavy atom. The highest BCUT2D eigenvalue weighted by molar-refractivity contribution is 6.98. The Kier molecular flexibility index (Phi) is 7.20. The summed E-state index contributed by atoms with van der Waals surface area (Å²) in [6.07, 6.45) is 4.19. The SMILES string of the molecule is CCCCC(C(=O)O)C1CCC(C(C)(C)C)[Si](c2ccccc2)(c2ccccc2)O1. The minimum atomic E-state index is -2.67. The zero-order chi connectivity index (χ0) is 21.8. The molecule has 2 aromatic rings. The van der Waals surface area contributed by atoms with E-state index < -0.39 is 20.2 Å². The molecule has 30 heavy (non-hydrogen) atoms. The normalized spacial score (nSPS) is 22.4. The first-order valence-corrected chi connectivity index (χ1v) is 13.3. The Labute approximate surface area is 182 Å². The smallest absolute Gasteiger partial charge is 0.309 e. The highest BCUT2D eigenvalue weighted by Crippen LogP contribution is 2.48. The van der Waals surface area contributed by atoms with Gasteiger partial charge < -0.3 is 9.53 Å². The molecule has 1 fully saturated rings. The average Bonchev–Trinajstić information content (AvgIpc) is 2.74. The van der Waals surface area contributed by atoms with Crippen LogP contribution in [0.2, 0.25) is 5.54 Å². The number of benzene rings is 2. The van der Waals surface area contributed by atoms with Crippen molar-refractivity contribution in [1.82, 2.24) is 0 Å². The Morgan fingerprint density at radius 2 is 1.57 bits per heavy atom. The topological polar surface area (TPSA) is 46.5 Å². The number of aliphatic carboxylic acids is 1. The Morgan fingerprint density at radius 3 is 2.00 bits per heavy atom. The van der Waals surface area contributed by atoms with Crippen molar-refractivity contribution >= 4 is 24.7 Å². The van der Waals surface area contributed by atoms with Crippen LogP contribution >= 0.6 is 0 Å². The third-order valence-electron chi connectivity index (χ3n) is 6.65. The summed E-state index contributed by atoms with van der Waals surface area (Å²) in [5.41, 5.74) is 0.428. The van der Waals surface area contributed by atoms with Crippen molar-refractivity contribution in [1.29, 1.82) is 0 Å². The molecule has 1 aliphatic heterocycles. The first-order chi connectivity index (χ1) is 14.3. The van der Waals surface area contributed by atoms with Crippen LogP contribution < -0.4 is 10.4 Å². The second-order valence-corrected chi connectivity index (χ2v) is 13.3. The minimum absolute atomic E-state index is 0.0605. The highest BCUT2D eigenvalue weighted by Gasteiger charge is 2.56. The van der Waals surface area contributed by atoms with Gasteiger partial charge in [0.15, 0.2) is 0 Å². The second kappa shape index (κ2) is 9.48. The summed E-state index contributed by atoms with van der Waals surface area (Å²) in [4.78, 5) is 12.2. The van der Waals surface area contributed by atoms with Crippen molar-refractivity contribution in [3.63, 3.8) is 0 Å². The second-order valence-electron chi connectivity index (χ2n) is 9.71. The lowest BCUT2D eigenvalue weighted by Crippen LogP contribution is -2.69. The number of rotatable bonds is 7. The fourth-order valence-electron chi connectivity index (χ4n) is 5.21. The third kappa shape index (κ3) is 4.55. The van der Waals surface area contributed by atoms with Gasteiger partial charge in [0.05, 0.1) is 12.0 Å². The summed E-state index contributed by atoms with van der Waals surface area (Å²) in [7, 11) is -2.67. The molecule has 0 aromatic heterocycles. The van der Waals surface area contributed by atoms with Gasteiger partial charge in [0.25, 0.3) is 8.32 Å². The van der Waals surface area contributed by atoms with Crippen molar-refractivity contribution in [2.75, 3.05) is 0 Å². The Balaban J connectivity index is 2.16. The molecule has 3 atom stereocenters. The summed E-state index contributed by atoms with van der Waals surface area (Å²) in [5.74, 6) is -1.16. The van der Waals surface area contributed by atoms with Crippen LogP contribution in [0.4, 0.5) is 0 Å². The quantitative estimate of drug-likeness (QED) is 0.619. The average molecular weight is 425 g/mol. The highest BCUT2D eigenvalue weighted by atomic mass is 28.4. The first-order valence-electron chi connectivity index (χ1n) is 11.3. The van der Waals surface area contributed by atoms with Gasteiger partial charge in [-0.25, -0.2) is 0 Å². The van der Waals surface area contributed by atoms with Gasteiger partial charge in [-0.2, -0.15) is 0 Å². The van der Waals surface area contributed by atoms with E-state index in [-0.39, 0.29) is 11.5 Å². The van der Waals surface area contributed by atoms with Crippen LogP contribution in [0.5, 0.6) is 0 Å². The molecular weight excluding hydrogens is 388 g/mol. The van der Waals surface area contributed by atoms with Gasteiger partial charge >= 0.3 is 5.97 Å². The van der Waals surface area contributed by atoms with Crippen LogP contribution in [0.1, 0.15) is 59.8 Å². The molecule has 162 valence electrons. The molecule has 1 aliphatic rings. The molecule has 1 heterocycles. The molecular formula is C26H36O3Si. The van der Waals surface area contributed by atoms with E-state index in [0.29, 0.717) is 12.0 Å². The van der Waals surface area contributed by atoms with Gasteiger partial charge in [0, 0.05) is 0 Å². The van der Waals surface area contributed by atoms with Crippen LogP contribution in [0.15, 0.2) is 60.7 Å². The van der Waals surface area contributed by atoms with E-state index in [2.05, 4.69) is 76.2 Å². The Hall–Kier alpha value is -1.91. The van der Waals surface area contributed by atoms with E-state index in [9.17, 15) is 9.90 Å². The summed E-state index contributed by atoms with van der Waals surface area (Å²) in [5, 5.41) is 12.5. The molecule has 0 aliphatic carbocycles. The lowest BCUT2D eigenvalue weighted by Gasteiger charge is -2.51. The number of carbonyl (C=O) groups is 1. The summed E-state index contributed by atoms with van der Waals surface area (Å²) < 4.78 is 7.16. The van der Waals surface area contributed by atoms with Gasteiger partial charge in [-0.05, 0) is 40.6 Å². The number of carboxylic acids is 1. The Bertz CT molecular complexity index is 774. The molecule has 0 amide bonds. The van der Waals surface area contributed by atoms with Crippen LogP contribution in [-0.4, -0.2) is 25.5 Å². The van der Waals surface area contributed by atoms with Crippen LogP contribution in [0, 0.1) is 11.3 Å². The van der Waals surface area contributed by atoms with E-state index in [0.717, 1.165) is 25.7 Å². The lowest BCUT2D eigenvalue weighted by atomic mass is 9.85. The largest absolute Gasteiger partial charge is 0.481 e. The molecule has 3 rings (SSSR count).